The molecule has 3 aliphatic heterocycles. The van der Waals surface area contributed by atoms with Crippen LogP contribution in [-0.4, -0.2) is 37.7 Å². The molecule has 12 heteroatoms. The van der Waals surface area contributed by atoms with Crippen molar-refractivity contribution in [3.63, 3.8) is 0 Å². The Balaban J connectivity index is 1.77. The molecule has 1 aromatic rings. The fourth-order valence-corrected chi connectivity index (χ4v) is 4.33. The van der Waals surface area contributed by atoms with Gasteiger partial charge in [0.1, 0.15) is 5.75 Å². The number of ether oxygens (including phenoxy) is 1. The molecule has 1 N–H and O–H groups in total. The molecule has 4 rings (SSSR count). The number of hydrogen-bond donors (Lipinski definition) is 1. The second-order valence-electron chi connectivity index (χ2n) is 5.57. The number of rotatable bonds is 2. The summed E-state index contributed by atoms with van der Waals surface area (Å²) in [5, 5.41) is 3.20. The van der Waals surface area contributed by atoms with Gasteiger partial charge in [-0.1, -0.05) is 47.8 Å². The third kappa shape index (κ3) is 3.93. The summed E-state index contributed by atoms with van der Waals surface area (Å²) in [6.07, 6.45) is 1.89. The fraction of sp³-hybridized carbons (Fsp3) is 0.125. The molecular formula is C16H9Br5N6O. The quantitative estimate of drug-likeness (QED) is 0.407. The molecule has 28 heavy (non-hydrogen) atoms. The van der Waals surface area contributed by atoms with E-state index in [1.165, 1.54) is 0 Å². The van der Waals surface area contributed by atoms with Gasteiger partial charge in [-0.3, -0.25) is 0 Å². The van der Waals surface area contributed by atoms with Crippen molar-refractivity contribution >= 4 is 109 Å². The van der Waals surface area contributed by atoms with Crippen LogP contribution in [0.25, 0.3) is 0 Å². The van der Waals surface area contributed by atoms with Crippen LogP contribution in [0.1, 0.15) is 0 Å². The highest BCUT2D eigenvalue weighted by Gasteiger charge is 2.39. The summed E-state index contributed by atoms with van der Waals surface area (Å²) in [6, 6.07) is 7.49. The molecule has 0 radical (unpaired) electrons. The molecule has 0 unspecified atom stereocenters. The molecule has 0 aromatic heterocycles. The van der Waals surface area contributed by atoms with Crippen LogP contribution in [0.15, 0.2) is 65.1 Å². The van der Waals surface area contributed by atoms with Crippen molar-refractivity contribution in [3.8, 4) is 5.75 Å². The van der Waals surface area contributed by atoms with Gasteiger partial charge in [-0.2, -0.15) is 15.0 Å². The number of amidine groups is 2. The molecule has 0 spiro atoms. The highest BCUT2D eigenvalue weighted by Crippen LogP contribution is 2.40. The summed E-state index contributed by atoms with van der Waals surface area (Å²) in [5.41, 5.74) is 0.825. The normalized spacial score (nSPS) is 18.5. The SMILES string of the molecule is COc1ccc(NC2=NC3=C(Br)C=C(Br)C4=NC(C(Br)(Br)Br)=NC(=N2)N43)cc1. The summed E-state index contributed by atoms with van der Waals surface area (Å²) in [6.45, 7) is 0. The monoisotopic (exact) mass is 696 g/mol. The lowest BCUT2D eigenvalue weighted by Gasteiger charge is -2.34. The Bertz CT molecular complexity index is 1030. The Hall–Kier alpha value is -0.820. The second kappa shape index (κ2) is 7.78. The number of nitrogens with zero attached hydrogens (tertiary/aromatic N) is 5. The third-order valence-electron chi connectivity index (χ3n) is 3.74. The number of anilines is 1. The first-order valence-corrected chi connectivity index (χ1v) is 11.6. The average Bonchev–Trinajstić information content (AvgIpc) is 2.65. The summed E-state index contributed by atoms with van der Waals surface area (Å²) in [7, 11) is 1.63. The number of nitrogens with one attached hydrogen (secondary N) is 1. The standard InChI is InChI=1S/C16H9Br5N6O/c1-28-8-4-2-7(3-5-8)22-14-24-12-10(18)6-9(17)11-23-13(16(19,20)21)25-15(26-14)27(11)12/h2-6H,1H3,(H,22,23,24,25,26). The minimum Gasteiger partial charge on any atom is -0.497 e. The molecule has 0 atom stereocenters. The van der Waals surface area contributed by atoms with Crippen LogP contribution in [0.3, 0.4) is 0 Å². The number of guanidine groups is 2. The summed E-state index contributed by atoms with van der Waals surface area (Å²) in [4.78, 5) is 20.1. The van der Waals surface area contributed by atoms with Crippen LogP contribution in [0.5, 0.6) is 5.75 Å². The molecule has 0 aliphatic carbocycles. The van der Waals surface area contributed by atoms with Gasteiger partial charge >= 0.3 is 0 Å². The lowest BCUT2D eigenvalue weighted by molar-refractivity contribution is 0.415. The van der Waals surface area contributed by atoms with E-state index in [1.807, 2.05) is 30.3 Å². The van der Waals surface area contributed by atoms with Crippen LogP contribution in [0.2, 0.25) is 0 Å². The summed E-state index contributed by atoms with van der Waals surface area (Å²) in [5.74, 6) is 3.35. The first kappa shape index (κ1) is 20.5. The molecule has 3 heterocycles. The van der Waals surface area contributed by atoms with E-state index in [0.29, 0.717) is 29.4 Å². The van der Waals surface area contributed by atoms with Gasteiger partial charge in [-0.15, -0.1) is 0 Å². The van der Waals surface area contributed by atoms with Gasteiger partial charge in [0, 0.05) is 5.69 Å². The Morgan fingerprint density at radius 1 is 1.00 bits per heavy atom. The van der Waals surface area contributed by atoms with E-state index < -0.39 is 2.14 Å². The lowest BCUT2D eigenvalue weighted by Crippen LogP contribution is -2.45. The number of alkyl halides is 3. The molecule has 144 valence electrons. The Labute approximate surface area is 202 Å². The zero-order chi connectivity index (χ0) is 20.1. The van der Waals surface area contributed by atoms with Gasteiger partial charge in [0.05, 0.1) is 16.1 Å². The van der Waals surface area contributed by atoms with Gasteiger partial charge in [-0.05, 0) is 62.2 Å². The molecule has 0 saturated heterocycles. The lowest BCUT2D eigenvalue weighted by atomic mass is 10.2. The fourth-order valence-electron chi connectivity index (χ4n) is 2.50. The number of methoxy groups -OCH3 is 1. The van der Waals surface area contributed by atoms with Gasteiger partial charge in [0.15, 0.2) is 19.6 Å². The molecule has 0 amide bonds. The van der Waals surface area contributed by atoms with Gasteiger partial charge in [0.2, 0.25) is 11.9 Å². The number of allylic oxidation sites excluding steroid dienone is 2. The topological polar surface area (TPSA) is 73.9 Å². The maximum atomic E-state index is 5.19. The van der Waals surface area contributed by atoms with Crippen molar-refractivity contribution in [2.45, 2.75) is 2.14 Å². The largest absolute Gasteiger partial charge is 0.497 e. The summed E-state index contributed by atoms with van der Waals surface area (Å²) >= 11 is 17.5. The number of halogens is 5. The molecule has 7 nitrogen and oxygen atoms in total. The van der Waals surface area contributed by atoms with E-state index in [2.05, 4.69) is 105 Å². The number of benzene rings is 1. The molecular weight excluding hydrogens is 692 g/mol. The van der Waals surface area contributed by atoms with E-state index in [4.69, 9.17) is 4.74 Å². The second-order valence-corrected chi connectivity index (χ2v) is 14.0. The third-order valence-corrected chi connectivity index (χ3v) is 5.97. The van der Waals surface area contributed by atoms with E-state index >= 15 is 0 Å². The predicted molar refractivity (Wildman–Crippen MR) is 131 cm³/mol. The maximum Gasteiger partial charge on any atom is 0.242 e. The zero-order valence-electron chi connectivity index (χ0n) is 13.9. The van der Waals surface area contributed by atoms with Crippen LogP contribution in [0.4, 0.5) is 5.69 Å². The van der Waals surface area contributed by atoms with Crippen LogP contribution >= 0.6 is 79.6 Å². The van der Waals surface area contributed by atoms with E-state index in [0.717, 1.165) is 20.4 Å². The first-order chi connectivity index (χ1) is 13.3. The van der Waals surface area contributed by atoms with Gasteiger partial charge in [-0.25, -0.2) is 9.89 Å². The van der Waals surface area contributed by atoms with E-state index in [1.54, 1.807) is 12.0 Å². The number of hydrogen-bond acceptors (Lipinski definition) is 7. The van der Waals surface area contributed by atoms with Gasteiger partial charge in [0.25, 0.3) is 0 Å². The zero-order valence-corrected chi connectivity index (χ0v) is 21.9. The van der Waals surface area contributed by atoms with Crippen LogP contribution in [0, 0.1) is 0 Å². The Morgan fingerprint density at radius 3 is 2.36 bits per heavy atom. The summed E-state index contributed by atoms with van der Waals surface area (Å²) < 4.78 is 5.97. The molecule has 0 saturated carbocycles. The van der Waals surface area contributed by atoms with Crippen molar-refractivity contribution in [1.82, 2.24) is 4.90 Å². The maximum absolute atomic E-state index is 5.19. The van der Waals surface area contributed by atoms with Crippen LogP contribution in [-0.2, 0) is 0 Å². The Kier molecular flexibility index (Phi) is 5.69. The molecule has 0 bridgehead atoms. The van der Waals surface area contributed by atoms with Crippen molar-refractivity contribution < 1.29 is 4.74 Å². The van der Waals surface area contributed by atoms with Crippen molar-refractivity contribution in [1.29, 1.82) is 0 Å². The molecule has 0 fully saturated rings. The average molecular weight is 701 g/mol. The van der Waals surface area contributed by atoms with E-state index in [9.17, 15) is 0 Å². The minimum absolute atomic E-state index is 0.406. The molecule has 3 aliphatic rings. The molecule has 1 aromatic carbocycles. The highest BCUT2D eigenvalue weighted by molar-refractivity contribution is 9.40. The van der Waals surface area contributed by atoms with Crippen LogP contribution < -0.4 is 10.1 Å². The van der Waals surface area contributed by atoms with E-state index in [-0.39, 0.29) is 0 Å². The van der Waals surface area contributed by atoms with Crippen molar-refractivity contribution in [3.05, 3.63) is 45.1 Å². The van der Waals surface area contributed by atoms with Crippen molar-refractivity contribution in [2.75, 3.05) is 12.4 Å². The smallest absolute Gasteiger partial charge is 0.242 e. The Morgan fingerprint density at radius 2 is 1.71 bits per heavy atom. The highest BCUT2D eigenvalue weighted by atomic mass is 80.0. The van der Waals surface area contributed by atoms with Crippen molar-refractivity contribution in [2.24, 2.45) is 20.0 Å². The minimum atomic E-state index is -0.779. The van der Waals surface area contributed by atoms with Gasteiger partial charge < -0.3 is 10.1 Å². The predicted octanol–water partition coefficient (Wildman–Crippen LogP) is 5.64. The first-order valence-electron chi connectivity index (χ1n) is 7.67. The number of aliphatic imine (C=N–C) groups is 4.